The summed E-state index contributed by atoms with van der Waals surface area (Å²) in [5.74, 6) is -0.775. The molecule has 0 atom stereocenters. The first-order chi connectivity index (χ1) is 14.8. The smallest absolute Gasteiger partial charge is 0.244 e. The quantitative estimate of drug-likeness (QED) is 0.454. The first-order valence-corrected chi connectivity index (χ1v) is 11.2. The van der Waals surface area contributed by atoms with Crippen molar-refractivity contribution in [3.05, 3.63) is 89.9 Å². The summed E-state index contributed by atoms with van der Waals surface area (Å²) in [6.45, 7) is 3.85. The van der Waals surface area contributed by atoms with Crippen molar-refractivity contribution in [3.63, 3.8) is 0 Å². The molecule has 0 unspecified atom stereocenters. The minimum absolute atomic E-state index is 0.00321. The van der Waals surface area contributed by atoms with E-state index < -0.39 is 15.7 Å². The molecule has 0 fully saturated rings. The lowest BCUT2D eigenvalue weighted by Crippen LogP contribution is -2.18. The Hall–Kier alpha value is -3.45. The number of halogens is 1. The van der Waals surface area contributed by atoms with Gasteiger partial charge < -0.3 is 9.88 Å². The first kappa shape index (κ1) is 20.8. The molecule has 5 nitrogen and oxygen atoms in total. The van der Waals surface area contributed by atoms with E-state index in [4.69, 9.17) is 0 Å². The molecule has 1 N–H and O–H groups in total. The molecular weight excluding hydrogens is 415 g/mol. The third-order valence-electron chi connectivity index (χ3n) is 5.14. The van der Waals surface area contributed by atoms with E-state index in [1.54, 1.807) is 28.8 Å². The molecule has 0 aliphatic heterocycles. The number of aryl methyl sites for hydroxylation is 2. The van der Waals surface area contributed by atoms with Gasteiger partial charge in [-0.25, -0.2) is 12.8 Å². The Morgan fingerprint density at radius 2 is 1.71 bits per heavy atom. The van der Waals surface area contributed by atoms with Crippen molar-refractivity contribution in [2.45, 2.75) is 30.2 Å². The number of nitrogens with one attached hydrogen (secondary N) is 1. The van der Waals surface area contributed by atoms with Crippen LogP contribution in [0.25, 0.3) is 10.9 Å². The number of fused-ring (bicyclic) bond motifs is 1. The number of carbonyl (C=O) groups excluding carboxylic acids is 1. The molecule has 0 spiro atoms. The highest BCUT2D eigenvalue weighted by molar-refractivity contribution is 7.91. The summed E-state index contributed by atoms with van der Waals surface area (Å²) < 4.78 is 41.3. The molecule has 31 heavy (non-hydrogen) atoms. The Morgan fingerprint density at radius 3 is 2.42 bits per heavy atom. The van der Waals surface area contributed by atoms with Gasteiger partial charge in [-0.3, -0.25) is 4.79 Å². The maximum atomic E-state index is 13.3. The van der Waals surface area contributed by atoms with Crippen molar-refractivity contribution in [1.29, 1.82) is 0 Å². The van der Waals surface area contributed by atoms with Gasteiger partial charge in [-0.05, 0) is 55.8 Å². The zero-order chi connectivity index (χ0) is 22.2. The largest absolute Gasteiger partial charge is 0.337 e. The summed E-state index contributed by atoms with van der Waals surface area (Å²) >= 11 is 0. The molecule has 1 heterocycles. The van der Waals surface area contributed by atoms with Crippen LogP contribution in [0.1, 0.15) is 11.1 Å². The fourth-order valence-electron chi connectivity index (χ4n) is 3.60. The Bertz CT molecular complexity index is 1390. The van der Waals surface area contributed by atoms with Crippen LogP contribution >= 0.6 is 0 Å². The average molecular weight is 437 g/mol. The van der Waals surface area contributed by atoms with Gasteiger partial charge in [-0.15, -0.1) is 0 Å². The lowest BCUT2D eigenvalue weighted by Gasteiger charge is -2.10. The number of para-hydroxylation sites is 1. The predicted molar refractivity (Wildman–Crippen MR) is 118 cm³/mol. The van der Waals surface area contributed by atoms with E-state index >= 15 is 0 Å². The van der Waals surface area contributed by atoms with Crippen LogP contribution in [0.3, 0.4) is 0 Å². The average Bonchev–Trinajstić information content (AvgIpc) is 3.10. The van der Waals surface area contributed by atoms with Gasteiger partial charge in [0.15, 0.2) is 0 Å². The second-order valence-electron chi connectivity index (χ2n) is 7.46. The Kier molecular flexibility index (Phi) is 5.37. The molecule has 0 aliphatic rings. The molecule has 158 valence electrons. The van der Waals surface area contributed by atoms with Crippen LogP contribution in [0.15, 0.2) is 82.7 Å². The summed E-state index contributed by atoms with van der Waals surface area (Å²) in [5, 5.41) is 3.39. The highest BCUT2D eigenvalue weighted by Crippen LogP contribution is 2.30. The van der Waals surface area contributed by atoms with Crippen LogP contribution in [0.5, 0.6) is 0 Å². The Labute approximate surface area is 180 Å². The lowest BCUT2D eigenvalue weighted by atomic mass is 10.1. The molecular formula is C24H21FN2O3S. The van der Waals surface area contributed by atoms with Crippen LogP contribution in [-0.2, 0) is 21.2 Å². The van der Waals surface area contributed by atoms with E-state index in [-0.39, 0.29) is 22.2 Å². The zero-order valence-electron chi connectivity index (χ0n) is 17.1. The van der Waals surface area contributed by atoms with E-state index in [0.29, 0.717) is 16.6 Å². The molecule has 7 heteroatoms. The number of carbonyl (C=O) groups is 1. The normalized spacial score (nSPS) is 11.6. The zero-order valence-corrected chi connectivity index (χ0v) is 17.9. The fraction of sp³-hybridized carbons (Fsp3) is 0.125. The second-order valence-corrected chi connectivity index (χ2v) is 9.38. The van der Waals surface area contributed by atoms with Crippen LogP contribution in [-0.4, -0.2) is 18.9 Å². The summed E-state index contributed by atoms with van der Waals surface area (Å²) in [6.07, 6.45) is 1.46. The molecule has 0 aliphatic carbocycles. The summed E-state index contributed by atoms with van der Waals surface area (Å²) in [7, 11) is -3.89. The molecule has 0 saturated heterocycles. The Morgan fingerprint density at radius 1 is 1.00 bits per heavy atom. The highest BCUT2D eigenvalue weighted by atomic mass is 32.2. The first-order valence-electron chi connectivity index (χ1n) is 9.71. The topological polar surface area (TPSA) is 68.2 Å². The van der Waals surface area contributed by atoms with Gasteiger partial charge in [0.1, 0.15) is 12.4 Å². The number of hydrogen-bond acceptors (Lipinski definition) is 3. The predicted octanol–water partition coefficient (Wildman–Crippen LogP) is 4.87. The van der Waals surface area contributed by atoms with Gasteiger partial charge in [0.25, 0.3) is 0 Å². The minimum Gasteiger partial charge on any atom is -0.337 e. The van der Waals surface area contributed by atoms with Gasteiger partial charge in [0, 0.05) is 22.8 Å². The van der Waals surface area contributed by atoms with E-state index in [0.717, 1.165) is 23.3 Å². The van der Waals surface area contributed by atoms with Crippen LogP contribution in [0.2, 0.25) is 0 Å². The van der Waals surface area contributed by atoms with Crippen LogP contribution in [0, 0.1) is 19.7 Å². The van der Waals surface area contributed by atoms with Gasteiger partial charge in [-0.1, -0.05) is 35.9 Å². The van der Waals surface area contributed by atoms with Crippen molar-refractivity contribution in [2.24, 2.45) is 0 Å². The molecule has 4 rings (SSSR count). The van der Waals surface area contributed by atoms with Crippen molar-refractivity contribution in [1.82, 2.24) is 4.57 Å². The maximum absolute atomic E-state index is 13.3. The van der Waals surface area contributed by atoms with Crippen molar-refractivity contribution >= 4 is 32.3 Å². The van der Waals surface area contributed by atoms with Crippen molar-refractivity contribution < 1.29 is 17.6 Å². The molecule has 0 bridgehead atoms. The van der Waals surface area contributed by atoms with Gasteiger partial charge in [0.2, 0.25) is 15.7 Å². The Balaban J connectivity index is 1.70. The van der Waals surface area contributed by atoms with Crippen LogP contribution in [0.4, 0.5) is 10.1 Å². The minimum atomic E-state index is -3.89. The number of sulfone groups is 1. The maximum Gasteiger partial charge on any atom is 0.244 e. The molecule has 3 aromatic carbocycles. The van der Waals surface area contributed by atoms with Crippen molar-refractivity contribution in [3.8, 4) is 0 Å². The summed E-state index contributed by atoms with van der Waals surface area (Å²) in [4.78, 5) is 12.8. The monoisotopic (exact) mass is 436 g/mol. The van der Waals surface area contributed by atoms with E-state index in [1.165, 1.54) is 18.3 Å². The molecule has 1 amide bonds. The number of benzene rings is 3. The molecule has 0 saturated carbocycles. The highest BCUT2D eigenvalue weighted by Gasteiger charge is 2.24. The third kappa shape index (κ3) is 4.09. The number of nitrogens with zero attached hydrogens (tertiary/aromatic N) is 1. The third-order valence-corrected chi connectivity index (χ3v) is 6.93. The number of rotatable bonds is 5. The lowest BCUT2D eigenvalue weighted by molar-refractivity contribution is -0.116. The molecule has 1 aromatic heterocycles. The van der Waals surface area contributed by atoms with E-state index in [9.17, 15) is 17.6 Å². The summed E-state index contributed by atoms with van der Waals surface area (Å²) in [5.41, 5.74) is 3.39. The van der Waals surface area contributed by atoms with E-state index in [2.05, 4.69) is 5.32 Å². The number of aromatic nitrogens is 1. The molecule has 0 radical (unpaired) electrons. The van der Waals surface area contributed by atoms with Gasteiger partial charge in [-0.2, -0.15) is 0 Å². The fourth-order valence-corrected chi connectivity index (χ4v) is 5.07. The molecule has 4 aromatic rings. The SMILES string of the molecule is Cc1ccc(NC(=O)Cn2cc(S(=O)(=O)c3ccc(F)cc3)c3ccccc32)c(C)c1. The van der Waals surface area contributed by atoms with Crippen molar-refractivity contribution in [2.75, 3.05) is 5.32 Å². The standard InChI is InChI=1S/C24H21FN2O3S/c1-16-7-12-21(17(2)13-16)26-24(28)15-27-14-23(20-5-3-4-6-22(20)27)31(29,30)19-10-8-18(25)9-11-19/h3-14H,15H2,1-2H3,(H,26,28). The number of anilines is 1. The van der Waals surface area contributed by atoms with Gasteiger partial charge >= 0.3 is 0 Å². The van der Waals surface area contributed by atoms with E-state index in [1.807, 2.05) is 32.0 Å². The summed E-state index contributed by atoms with van der Waals surface area (Å²) in [6, 6.07) is 17.4. The van der Waals surface area contributed by atoms with Gasteiger partial charge in [0.05, 0.1) is 9.79 Å². The number of hydrogen-bond donors (Lipinski definition) is 1. The van der Waals surface area contributed by atoms with Crippen LogP contribution < -0.4 is 5.32 Å². The second kappa shape index (κ2) is 8.00. The number of amides is 1.